The van der Waals surface area contributed by atoms with E-state index in [4.69, 9.17) is 5.11 Å². The van der Waals surface area contributed by atoms with E-state index < -0.39 is 0 Å². The third kappa shape index (κ3) is 3.13. The van der Waals surface area contributed by atoms with Crippen molar-refractivity contribution in [2.75, 3.05) is 6.61 Å². The molecular formula is C10H16N2O. The highest BCUT2D eigenvalue weighted by Crippen LogP contribution is 2.04. The van der Waals surface area contributed by atoms with Crippen molar-refractivity contribution in [3.05, 3.63) is 29.6 Å². The van der Waals surface area contributed by atoms with Gasteiger partial charge in [0.15, 0.2) is 0 Å². The van der Waals surface area contributed by atoms with Crippen molar-refractivity contribution < 1.29 is 5.11 Å². The summed E-state index contributed by atoms with van der Waals surface area (Å²) in [4.78, 5) is 4.05. The van der Waals surface area contributed by atoms with Crippen molar-refractivity contribution in [1.82, 2.24) is 10.3 Å². The van der Waals surface area contributed by atoms with E-state index in [-0.39, 0.29) is 12.6 Å². The summed E-state index contributed by atoms with van der Waals surface area (Å²) in [7, 11) is 0. The smallest absolute Gasteiger partial charge is 0.0582 e. The number of nitrogens with zero attached hydrogens (tertiary/aromatic N) is 1. The van der Waals surface area contributed by atoms with Crippen LogP contribution in [0.25, 0.3) is 0 Å². The van der Waals surface area contributed by atoms with Crippen LogP contribution in [0, 0.1) is 6.92 Å². The maximum absolute atomic E-state index is 8.80. The van der Waals surface area contributed by atoms with E-state index in [2.05, 4.69) is 17.2 Å². The number of pyridine rings is 1. The molecule has 13 heavy (non-hydrogen) atoms. The Labute approximate surface area is 78.8 Å². The van der Waals surface area contributed by atoms with Crippen LogP contribution in [0.5, 0.6) is 0 Å². The number of aryl methyl sites for hydroxylation is 1. The average molecular weight is 180 g/mol. The summed E-state index contributed by atoms with van der Waals surface area (Å²) in [5.41, 5.74) is 2.41. The minimum atomic E-state index is 0.139. The normalized spacial score (nSPS) is 12.8. The Morgan fingerprint density at radius 3 is 3.00 bits per heavy atom. The number of aliphatic hydroxyl groups excluding tert-OH is 1. The molecule has 1 heterocycles. The average Bonchev–Trinajstić information content (AvgIpc) is 2.16. The lowest BCUT2D eigenvalue weighted by Crippen LogP contribution is -2.28. The largest absolute Gasteiger partial charge is 0.395 e. The zero-order valence-corrected chi connectivity index (χ0v) is 8.12. The third-order valence-electron chi connectivity index (χ3n) is 2.06. The first-order valence-electron chi connectivity index (χ1n) is 4.47. The Kier molecular flexibility index (Phi) is 3.86. The summed E-state index contributed by atoms with van der Waals surface area (Å²) in [6, 6.07) is 2.13. The summed E-state index contributed by atoms with van der Waals surface area (Å²) < 4.78 is 0. The molecule has 0 spiro atoms. The van der Waals surface area contributed by atoms with Crippen molar-refractivity contribution in [3.63, 3.8) is 0 Å². The third-order valence-corrected chi connectivity index (χ3v) is 2.06. The van der Waals surface area contributed by atoms with Gasteiger partial charge in [-0.3, -0.25) is 4.98 Å². The standard InChI is InChI=1S/C10H16N2O/c1-8-3-4-11-5-10(8)6-12-9(2)7-13/h3-5,9,12-13H,6-7H2,1-2H3. The number of nitrogens with one attached hydrogen (secondary N) is 1. The molecule has 0 bridgehead atoms. The molecule has 0 radical (unpaired) electrons. The first-order valence-corrected chi connectivity index (χ1v) is 4.47. The van der Waals surface area contributed by atoms with Crippen LogP contribution >= 0.6 is 0 Å². The first kappa shape index (κ1) is 10.2. The van der Waals surface area contributed by atoms with Gasteiger partial charge in [-0.25, -0.2) is 0 Å². The fourth-order valence-corrected chi connectivity index (χ4v) is 1.03. The van der Waals surface area contributed by atoms with Crippen LogP contribution in [0.1, 0.15) is 18.1 Å². The molecule has 0 aliphatic carbocycles. The molecule has 0 saturated carbocycles. The Morgan fingerprint density at radius 2 is 2.38 bits per heavy atom. The van der Waals surface area contributed by atoms with Gasteiger partial charge in [0, 0.05) is 25.0 Å². The van der Waals surface area contributed by atoms with E-state index in [9.17, 15) is 0 Å². The minimum Gasteiger partial charge on any atom is -0.395 e. The molecule has 1 unspecified atom stereocenters. The highest BCUT2D eigenvalue weighted by molar-refractivity contribution is 5.21. The van der Waals surface area contributed by atoms with Gasteiger partial charge in [0.05, 0.1) is 6.61 Å². The molecule has 0 saturated heterocycles. The molecule has 0 aliphatic rings. The van der Waals surface area contributed by atoms with Gasteiger partial charge in [0.2, 0.25) is 0 Å². The number of aliphatic hydroxyl groups is 1. The van der Waals surface area contributed by atoms with Crippen LogP contribution in [-0.2, 0) is 6.54 Å². The Morgan fingerprint density at radius 1 is 1.62 bits per heavy atom. The molecule has 3 nitrogen and oxygen atoms in total. The quantitative estimate of drug-likeness (QED) is 0.722. The minimum absolute atomic E-state index is 0.139. The van der Waals surface area contributed by atoms with Crippen molar-refractivity contribution >= 4 is 0 Å². The van der Waals surface area contributed by atoms with Gasteiger partial charge in [-0.15, -0.1) is 0 Å². The number of rotatable bonds is 4. The fraction of sp³-hybridized carbons (Fsp3) is 0.500. The topological polar surface area (TPSA) is 45.2 Å². The molecule has 1 rings (SSSR count). The van der Waals surface area contributed by atoms with Gasteiger partial charge >= 0.3 is 0 Å². The molecule has 72 valence electrons. The van der Waals surface area contributed by atoms with Crippen molar-refractivity contribution in [2.24, 2.45) is 0 Å². The van der Waals surface area contributed by atoms with Crippen LogP contribution in [0.2, 0.25) is 0 Å². The summed E-state index contributed by atoms with van der Waals surface area (Å²) in [5.74, 6) is 0. The number of hydrogen-bond donors (Lipinski definition) is 2. The predicted molar refractivity (Wildman–Crippen MR) is 52.4 cm³/mol. The van der Waals surface area contributed by atoms with Crippen molar-refractivity contribution in [3.8, 4) is 0 Å². The molecule has 1 aromatic rings. The van der Waals surface area contributed by atoms with E-state index in [1.807, 2.05) is 19.2 Å². The van der Waals surface area contributed by atoms with E-state index >= 15 is 0 Å². The fourth-order valence-electron chi connectivity index (χ4n) is 1.03. The second-order valence-electron chi connectivity index (χ2n) is 3.27. The number of aromatic nitrogens is 1. The lowest BCUT2D eigenvalue weighted by atomic mass is 10.1. The molecule has 0 fully saturated rings. The molecular weight excluding hydrogens is 164 g/mol. The maximum atomic E-state index is 8.80. The SMILES string of the molecule is Cc1ccncc1CNC(C)CO. The summed E-state index contributed by atoms with van der Waals surface area (Å²) in [5, 5.41) is 12.0. The zero-order valence-electron chi connectivity index (χ0n) is 8.12. The number of hydrogen-bond acceptors (Lipinski definition) is 3. The lowest BCUT2D eigenvalue weighted by molar-refractivity contribution is 0.251. The zero-order chi connectivity index (χ0) is 9.68. The molecule has 1 atom stereocenters. The first-order chi connectivity index (χ1) is 6.24. The Bertz CT molecular complexity index is 263. The van der Waals surface area contributed by atoms with Gasteiger partial charge in [-0.1, -0.05) is 0 Å². The van der Waals surface area contributed by atoms with Crippen LogP contribution in [-0.4, -0.2) is 22.7 Å². The van der Waals surface area contributed by atoms with E-state index in [1.165, 1.54) is 11.1 Å². The van der Waals surface area contributed by atoms with Crippen molar-refractivity contribution in [1.29, 1.82) is 0 Å². The molecule has 1 aromatic heterocycles. The molecule has 0 aliphatic heterocycles. The molecule has 0 amide bonds. The highest BCUT2D eigenvalue weighted by atomic mass is 16.3. The van der Waals surface area contributed by atoms with Crippen LogP contribution in [0.15, 0.2) is 18.5 Å². The summed E-state index contributed by atoms with van der Waals surface area (Å²) >= 11 is 0. The second kappa shape index (κ2) is 4.94. The highest BCUT2D eigenvalue weighted by Gasteiger charge is 2.00. The van der Waals surface area contributed by atoms with Crippen LogP contribution in [0.4, 0.5) is 0 Å². The van der Waals surface area contributed by atoms with Gasteiger partial charge < -0.3 is 10.4 Å². The molecule has 3 heteroatoms. The van der Waals surface area contributed by atoms with Gasteiger partial charge in [-0.2, -0.15) is 0 Å². The predicted octanol–water partition coefficient (Wildman–Crippen LogP) is 0.860. The molecule has 2 N–H and O–H groups in total. The Balaban J connectivity index is 2.50. The summed E-state index contributed by atoms with van der Waals surface area (Å²) in [6.45, 7) is 4.94. The maximum Gasteiger partial charge on any atom is 0.0582 e. The molecule has 0 aromatic carbocycles. The second-order valence-corrected chi connectivity index (χ2v) is 3.27. The van der Waals surface area contributed by atoms with E-state index in [0.717, 1.165) is 6.54 Å². The van der Waals surface area contributed by atoms with Crippen LogP contribution in [0.3, 0.4) is 0 Å². The monoisotopic (exact) mass is 180 g/mol. The van der Waals surface area contributed by atoms with Gasteiger partial charge in [0.1, 0.15) is 0 Å². The van der Waals surface area contributed by atoms with E-state index in [1.54, 1.807) is 6.20 Å². The van der Waals surface area contributed by atoms with Gasteiger partial charge in [0.25, 0.3) is 0 Å². The van der Waals surface area contributed by atoms with Crippen LogP contribution < -0.4 is 5.32 Å². The van der Waals surface area contributed by atoms with Crippen molar-refractivity contribution in [2.45, 2.75) is 26.4 Å². The summed E-state index contributed by atoms with van der Waals surface area (Å²) in [6.07, 6.45) is 3.64. The lowest BCUT2D eigenvalue weighted by Gasteiger charge is -2.11. The Hall–Kier alpha value is -0.930. The van der Waals surface area contributed by atoms with Gasteiger partial charge in [-0.05, 0) is 31.0 Å². The van der Waals surface area contributed by atoms with E-state index in [0.29, 0.717) is 0 Å².